The van der Waals surface area contributed by atoms with Crippen molar-refractivity contribution < 1.29 is 13.2 Å². The second kappa shape index (κ2) is 10.2. The molecule has 1 saturated carbocycles. The van der Waals surface area contributed by atoms with Gasteiger partial charge in [-0.25, -0.2) is 13.2 Å². The first-order chi connectivity index (χ1) is 15.9. The molecule has 0 aliphatic heterocycles. The molecule has 33 heavy (non-hydrogen) atoms. The van der Waals surface area contributed by atoms with Crippen LogP contribution in [0.15, 0.2) is 65.6 Å². The average Bonchev–Trinajstić information content (AvgIpc) is 3.16. The van der Waals surface area contributed by atoms with Crippen LogP contribution in [0.1, 0.15) is 55.8 Å². The summed E-state index contributed by atoms with van der Waals surface area (Å²) in [5.41, 5.74) is 3.22. The van der Waals surface area contributed by atoms with E-state index in [9.17, 15) is 13.2 Å². The van der Waals surface area contributed by atoms with Crippen LogP contribution >= 0.6 is 0 Å². The Hall–Kier alpha value is -3.13. The standard InChI is InChI=1S/C25H30N4O3S/c1-33(31,32)21-15-13-19(14-16-21)24(27-25(30)26-20-11-7-2-3-8-12-20)23-17-22(28-29-23)18-9-5-4-6-10-18/h4-6,9-10,13-17,20,24H,2-3,7-8,11-12H2,1H3,(H,28,29)(H2,26,27,30). The Morgan fingerprint density at radius 3 is 2.30 bits per heavy atom. The fourth-order valence-electron chi connectivity index (χ4n) is 4.27. The number of amides is 2. The summed E-state index contributed by atoms with van der Waals surface area (Å²) in [5, 5.41) is 13.7. The Bertz CT molecular complexity index is 1170. The van der Waals surface area contributed by atoms with Crippen LogP contribution in [-0.4, -0.2) is 36.9 Å². The molecule has 3 aromatic rings. The van der Waals surface area contributed by atoms with Crippen molar-refractivity contribution in [1.29, 1.82) is 0 Å². The van der Waals surface area contributed by atoms with E-state index >= 15 is 0 Å². The molecule has 7 nitrogen and oxygen atoms in total. The quantitative estimate of drug-likeness (QED) is 0.462. The first-order valence-electron chi connectivity index (χ1n) is 11.4. The molecule has 0 saturated heterocycles. The van der Waals surface area contributed by atoms with E-state index in [1.807, 2.05) is 36.4 Å². The van der Waals surface area contributed by atoms with Gasteiger partial charge in [0.25, 0.3) is 0 Å². The fourth-order valence-corrected chi connectivity index (χ4v) is 4.90. The van der Waals surface area contributed by atoms with Gasteiger partial charge in [0.05, 0.1) is 22.3 Å². The van der Waals surface area contributed by atoms with Gasteiger partial charge >= 0.3 is 6.03 Å². The number of aromatic amines is 1. The van der Waals surface area contributed by atoms with Gasteiger partial charge < -0.3 is 10.6 Å². The number of nitrogens with one attached hydrogen (secondary N) is 3. The molecule has 1 fully saturated rings. The lowest BCUT2D eigenvalue weighted by Gasteiger charge is -2.22. The van der Waals surface area contributed by atoms with E-state index in [0.717, 1.165) is 48.2 Å². The number of urea groups is 1. The zero-order chi connectivity index (χ0) is 23.3. The number of sulfone groups is 1. The van der Waals surface area contributed by atoms with E-state index in [-0.39, 0.29) is 17.0 Å². The van der Waals surface area contributed by atoms with E-state index in [0.29, 0.717) is 0 Å². The minimum atomic E-state index is -3.31. The molecule has 1 unspecified atom stereocenters. The van der Waals surface area contributed by atoms with E-state index in [4.69, 9.17) is 0 Å². The Morgan fingerprint density at radius 2 is 1.67 bits per heavy atom. The maximum atomic E-state index is 12.9. The Balaban J connectivity index is 1.59. The number of carbonyl (C=O) groups is 1. The topological polar surface area (TPSA) is 104 Å². The number of hydrogen-bond acceptors (Lipinski definition) is 4. The maximum Gasteiger partial charge on any atom is 0.315 e. The predicted octanol–water partition coefficient (Wildman–Crippen LogP) is 4.59. The van der Waals surface area contributed by atoms with Crippen molar-refractivity contribution in [3.63, 3.8) is 0 Å². The van der Waals surface area contributed by atoms with Crippen molar-refractivity contribution >= 4 is 15.9 Å². The molecule has 0 spiro atoms. The van der Waals surface area contributed by atoms with Gasteiger partial charge in [-0.1, -0.05) is 68.1 Å². The second-order valence-corrected chi connectivity index (χ2v) is 10.7. The van der Waals surface area contributed by atoms with Crippen LogP contribution in [0.25, 0.3) is 11.3 Å². The Labute approximate surface area is 194 Å². The highest BCUT2D eigenvalue weighted by atomic mass is 32.2. The van der Waals surface area contributed by atoms with Crippen LogP contribution in [0, 0.1) is 0 Å². The van der Waals surface area contributed by atoms with E-state index in [2.05, 4.69) is 20.8 Å². The van der Waals surface area contributed by atoms with Crippen LogP contribution in [0.4, 0.5) is 4.79 Å². The first-order valence-corrected chi connectivity index (χ1v) is 13.3. The van der Waals surface area contributed by atoms with Crippen molar-refractivity contribution in [2.75, 3.05) is 6.26 Å². The van der Waals surface area contributed by atoms with E-state index < -0.39 is 15.9 Å². The number of hydrogen-bond donors (Lipinski definition) is 3. The molecule has 1 aromatic heterocycles. The molecule has 2 aromatic carbocycles. The summed E-state index contributed by atoms with van der Waals surface area (Å²) in [6, 6.07) is 17.7. The fraction of sp³-hybridized carbons (Fsp3) is 0.360. The number of H-pyrrole nitrogens is 1. The van der Waals surface area contributed by atoms with Gasteiger partial charge in [0, 0.05) is 17.9 Å². The molecule has 1 aliphatic carbocycles. The van der Waals surface area contributed by atoms with Gasteiger partial charge in [0.15, 0.2) is 9.84 Å². The SMILES string of the molecule is CS(=O)(=O)c1ccc(C(NC(=O)NC2CCCCCC2)c2cc(-c3ccccc3)n[nH]2)cc1. The normalized spacial score (nSPS) is 16.0. The van der Waals surface area contributed by atoms with Gasteiger partial charge in [-0.2, -0.15) is 5.10 Å². The Kier molecular flexibility index (Phi) is 7.13. The van der Waals surface area contributed by atoms with Gasteiger partial charge in [0.2, 0.25) is 0 Å². The zero-order valence-electron chi connectivity index (χ0n) is 18.8. The summed E-state index contributed by atoms with van der Waals surface area (Å²) in [5.74, 6) is 0. The van der Waals surface area contributed by atoms with Gasteiger partial charge in [-0.3, -0.25) is 5.10 Å². The van der Waals surface area contributed by atoms with Crippen LogP contribution in [0.3, 0.4) is 0 Å². The summed E-state index contributed by atoms with van der Waals surface area (Å²) >= 11 is 0. The summed E-state index contributed by atoms with van der Waals surface area (Å²) in [6.07, 6.45) is 7.84. The van der Waals surface area contributed by atoms with Crippen molar-refractivity contribution in [2.45, 2.75) is 55.5 Å². The summed E-state index contributed by atoms with van der Waals surface area (Å²) in [4.78, 5) is 13.2. The predicted molar refractivity (Wildman–Crippen MR) is 129 cm³/mol. The molecule has 0 radical (unpaired) electrons. The van der Waals surface area contributed by atoms with E-state index in [1.54, 1.807) is 24.3 Å². The molecular formula is C25H30N4O3S. The lowest BCUT2D eigenvalue weighted by Crippen LogP contribution is -2.43. The van der Waals surface area contributed by atoms with Gasteiger partial charge in [0.1, 0.15) is 0 Å². The van der Waals surface area contributed by atoms with Crippen LogP contribution in [-0.2, 0) is 9.84 Å². The third kappa shape index (κ3) is 6.01. The first kappa shape index (κ1) is 23.0. The molecule has 8 heteroatoms. The van der Waals surface area contributed by atoms with Crippen LogP contribution < -0.4 is 10.6 Å². The number of benzene rings is 2. The highest BCUT2D eigenvalue weighted by molar-refractivity contribution is 7.90. The molecule has 0 bridgehead atoms. The molecular weight excluding hydrogens is 436 g/mol. The lowest BCUT2D eigenvalue weighted by molar-refractivity contribution is 0.233. The highest BCUT2D eigenvalue weighted by Gasteiger charge is 2.22. The monoisotopic (exact) mass is 466 g/mol. The van der Waals surface area contributed by atoms with Crippen molar-refractivity contribution in [3.05, 3.63) is 71.9 Å². The molecule has 2 amide bonds. The molecule has 3 N–H and O–H groups in total. The van der Waals surface area contributed by atoms with Crippen LogP contribution in [0.2, 0.25) is 0 Å². The largest absolute Gasteiger partial charge is 0.335 e. The number of aromatic nitrogens is 2. The molecule has 1 heterocycles. The van der Waals surface area contributed by atoms with E-state index in [1.165, 1.54) is 19.1 Å². The lowest BCUT2D eigenvalue weighted by atomic mass is 10.0. The highest BCUT2D eigenvalue weighted by Crippen LogP contribution is 2.26. The number of rotatable bonds is 6. The van der Waals surface area contributed by atoms with Crippen molar-refractivity contribution in [3.8, 4) is 11.3 Å². The summed E-state index contributed by atoms with van der Waals surface area (Å²) < 4.78 is 23.8. The van der Waals surface area contributed by atoms with Crippen molar-refractivity contribution in [2.24, 2.45) is 0 Å². The van der Waals surface area contributed by atoms with Crippen LogP contribution in [0.5, 0.6) is 0 Å². The molecule has 1 atom stereocenters. The number of carbonyl (C=O) groups excluding carboxylic acids is 1. The van der Waals surface area contributed by atoms with Gasteiger partial charge in [-0.15, -0.1) is 0 Å². The molecule has 4 rings (SSSR count). The zero-order valence-corrected chi connectivity index (χ0v) is 19.6. The summed E-state index contributed by atoms with van der Waals surface area (Å²) in [7, 11) is -3.31. The number of nitrogens with zero attached hydrogens (tertiary/aromatic N) is 1. The second-order valence-electron chi connectivity index (χ2n) is 8.66. The van der Waals surface area contributed by atoms with Crippen molar-refractivity contribution in [1.82, 2.24) is 20.8 Å². The smallest absolute Gasteiger partial charge is 0.315 e. The molecule has 174 valence electrons. The third-order valence-electron chi connectivity index (χ3n) is 6.09. The summed E-state index contributed by atoms with van der Waals surface area (Å²) in [6.45, 7) is 0. The Morgan fingerprint density at radius 1 is 1.00 bits per heavy atom. The average molecular weight is 467 g/mol. The minimum absolute atomic E-state index is 0.169. The van der Waals surface area contributed by atoms with Gasteiger partial charge in [-0.05, 0) is 36.6 Å². The third-order valence-corrected chi connectivity index (χ3v) is 7.21. The molecule has 1 aliphatic rings. The minimum Gasteiger partial charge on any atom is -0.335 e. The maximum absolute atomic E-state index is 12.9.